The molecule has 136 valence electrons. The summed E-state index contributed by atoms with van der Waals surface area (Å²) in [6.07, 6.45) is 4.40. The van der Waals surface area contributed by atoms with Gasteiger partial charge in [0.15, 0.2) is 0 Å². The van der Waals surface area contributed by atoms with Crippen molar-refractivity contribution in [2.45, 2.75) is 19.5 Å². The van der Waals surface area contributed by atoms with Crippen LogP contribution in [0.5, 0.6) is 0 Å². The zero-order valence-corrected chi connectivity index (χ0v) is 14.5. The van der Waals surface area contributed by atoms with E-state index in [1.807, 2.05) is 36.4 Å². The highest BCUT2D eigenvalue weighted by molar-refractivity contribution is 5.75. The van der Waals surface area contributed by atoms with E-state index in [0.29, 0.717) is 13.1 Å². The highest BCUT2D eigenvalue weighted by atomic mass is 16.2. The first-order valence-corrected chi connectivity index (χ1v) is 8.63. The molecule has 7 heteroatoms. The van der Waals surface area contributed by atoms with Gasteiger partial charge in [0, 0.05) is 25.4 Å². The van der Waals surface area contributed by atoms with Crippen molar-refractivity contribution in [1.82, 2.24) is 19.8 Å². The molecule has 3 rings (SSSR count). The molecule has 0 saturated carbocycles. The van der Waals surface area contributed by atoms with Gasteiger partial charge in [-0.05, 0) is 18.5 Å². The maximum atomic E-state index is 12.6. The van der Waals surface area contributed by atoms with E-state index in [1.165, 1.54) is 16.8 Å². The van der Waals surface area contributed by atoms with Gasteiger partial charge in [-0.2, -0.15) is 0 Å². The van der Waals surface area contributed by atoms with Crippen LogP contribution in [-0.2, 0) is 17.9 Å². The topological polar surface area (TPSA) is 85.1 Å². The summed E-state index contributed by atoms with van der Waals surface area (Å²) in [7, 11) is 0. The average molecular weight is 354 g/mol. The lowest BCUT2D eigenvalue weighted by Crippen LogP contribution is -2.43. The molecule has 7 nitrogen and oxygen atoms in total. The smallest absolute Gasteiger partial charge is 0.331 e. The van der Waals surface area contributed by atoms with Crippen molar-refractivity contribution in [2.75, 3.05) is 19.6 Å². The van der Waals surface area contributed by atoms with Crippen LogP contribution in [0.4, 0.5) is 0 Å². The van der Waals surface area contributed by atoms with Gasteiger partial charge in [0.25, 0.3) is 5.56 Å². The summed E-state index contributed by atoms with van der Waals surface area (Å²) in [5.41, 5.74) is 1.13. The predicted molar refractivity (Wildman–Crippen MR) is 99.1 cm³/mol. The minimum atomic E-state index is -0.488. The fourth-order valence-electron chi connectivity index (χ4n) is 2.84. The zero-order chi connectivity index (χ0) is 18.4. The van der Waals surface area contributed by atoms with Crippen molar-refractivity contribution < 1.29 is 4.79 Å². The summed E-state index contributed by atoms with van der Waals surface area (Å²) in [4.78, 5) is 36.8. The summed E-state index contributed by atoms with van der Waals surface area (Å²) < 4.78 is 2.40. The Labute approximate surface area is 151 Å². The van der Waals surface area contributed by atoms with Crippen LogP contribution in [0.3, 0.4) is 0 Å². The first-order chi connectivity index (χ1) is 12.6. The number of carbonyl (C=O) groups excluding carboxylic acids is 1. The third-order valence-corrected chi connectivity index (χ3v) is 4.31. The molecule has 0 saturated heterocycles. The molecule has 26 heavy (non-hydrogen) atoms. The molecule has 0 spiro atoms. The zero-order valence-electron chi connectivity index (χ0n) is 14.5. The van der Waals surface area contributed by atoms with Crippen LogP contribution in [0.1, 0.15) is 12.0 Å². The van der Waals surface area contributed by atoms with Gasteiger partial charge < -0.3 is 10.6 Å². The summed E-state index contributed by atoms with van der Waals surface area (Å²) in [5, 5.41) is 5.99. The molecule has 0 fully saturated rings. The van der Waals surface area contributed by atoms with Crippen LogP contribution in [0.2, 0.25) is 0 Å². The van der Waals surface area contributed by atoms with Gasteiger partial charge in [0.2, 0.25) is 5.91 Å². The number of hydrogen-bond donors (Lipinski definition) is 2. The number of hydrogen-bond acceptors (Lipinski definition) is 4. The van der Waals surface area contributed by atoms with E-state index < -0.39 is 11.2 Å². The Bertz CT molecular complexity index is 912. The molecule has 1 amide bonds. The minimum absolute atomic E-state index is 0.279. The fourth-order valence-corrected chi connectivity index (χ4v) is 2.84. The van der Waals surface area contributed by atoms with Gasteiger partial charge in [0.1, 0.15) is 6.54 Å². The van der Waals surface area contributed by atoms with E-state index in [0.717, 1.165) is 35.2 Å². The molecular formula is C19H22N4O3. The number of amides is 1. The fraction of sp³-hybridized carbons (Fsp3) is 0.316. The molecule has 0 unspecified atom stereocenters. The van der Waals surface area contributed by atoms with Gasteiger partial charge in [-0.15, -0.1) is 0 Å². The molecule has 2 N–H and O–H groups in total. The SMILES string of the molecule is O=C(Cn1c(=O)ccn(Cc2ccccc2)c1=O)NCC1=CCNCC1. The Morgan fingerprint density at radius 2 is 1.96 bits per heavy atom. The maximum Gasteiger partial charge on any atom is 0.331 e. The lowest BCUT2D eigenvalue weighted by molar-refractivity contribution is -0.121. The lowest BCUT2D eigenvalue weighted by atomic mass is 10.1. The van der Waals surface area contributed by atoms with Crippen molar-refractivity contribution in [3.05, 3.63) is 80.6 Å². The van der Waals surface area contributed by atoms with Gasteiger partial charge in [0.05, 0.1) is 6.54 Å². The summed E-state index contributed by atoms with van der Waals surface area (Å²) in [6.45, 7) is 2.21. The third kappa shape index (κ3) is 4.58. The molecule has 0 bridgehead atoms. The van der Waals surface area contributed by atoms with Crippen molar-refractivity contribution in [2.24, 2.45) is 0 Å². The van der Waals surface area contributed by atoms with Crippen LogP contribution in [0.15, 0.2) is 63.8 Å². The second kappa shape index (κ2) is 8.44. The van der Waals surface area contributed by atoms with E-state index >= 15 is 0 Å². The van der Waals surface area contributed by atoms with Crippen LogP contribution >= 0.6 is 0 Å². The van der Waals surface area contributed by atoms with Crippen molar-refractivity contribution in [3.8, 4) is 0 Å². The first kappa shape index (κ1) is 17.9. The largest absolute Gasteiger partial charge is 0.351 e. The number of nitrogens with one attached hydrogen (secondary N) is 2. The van der Waals surface area contributed by atoms with E-state index in [-0.39, 0.29) is 12.5 Å². The quantitative estimate of drug-likeness (QED) is 0.721. The van der Waals surface area contributed by atoms with E-state index in [9.17, 15) is 14.4 Å². The Kier molecular flexibility index (Phi) is 5.80. The van der Waals surface area contributed by atoms with Crippen LogP contribution in [0, 0.1) is 0 Å². The molecule has 1 aliphatic rings. The Balaban J connectivity index is 1.69. The van der Waals surface area contributed by atoms with Crippen molar-refractivity contribution >= 4 is 5.91 Å². The number of benzene rings is 1. The second-order valence-corrected chi connectivity index (χ2v) is 6.23. The average Bonchev–Trinajstić information content (AvgIpc) is 2.67. The Hall–Kier alpha value is -2.93. The standard InChI is InChI=1S/C19H22N4O3/c24-17(21-12-15-6-9-20-10-7-15)14-23-18(25)8-11-22(19(23)26)13-16-4-2-1-3-5-16/h1-6,8,11,20H,7,9-10,12-14H2,(H,21,24). The molecule has 1 aromatic heterocycles. The maximum absolute atomic E-state index is 12.6. The summed E-state index contributed by atoms with van der Waals surface area (Å²) >= 11 is 0. The second-order valence-electron chi connectivity index (χ2n) is 6.23. The van der Waals surface area contributed by atoms with E-state index in [1.54, 1.807) is 0 Å². The molecule has 2 aromatic rings. The van der Waals surface area contributed by atoms with Gasteiger partial charge in [-0.25, -0.2) is 4.79 Å². The summed E-state index contributed by atoms with van der Waals surface area (Å²) in [6, 6.07) is 10.8. The third-order valence-electron chi connectivity index (χ3n) is 4.31. The molecule has 0 radical (unpaired) electrons. The van der Waals surface area contributed by atoms with Gasteiger partial charge in [-0.3, -0.25) is 18.7 Å². The van der Waals surface area contributed by atoms with Crippen LogP contribution < -0.4 is 21.9 Å². The lowest BCUT2D eigenvalue weighted by Gasteiger charge is -2.15. The highest BCUT2D eigenvalue weighted by Gasteiger charge is 2.11. The number of rotatable bonds is 6. The molecular weight excluding hydrogens is 332 g/mol. The van der Waals surface area contributed by atoms with E-state index in [2.05, 4.69) is 10.6 Å². The molecule has 1 aliphatic heterocycles. The van der Waals surface area contributed by atoms with Crippen molar-refractivity contribution in [3.63, 3.8) is 0 Å². The first-order valence-electron chi connectivity index (χ1n) is 8.63. The monoisotopic (exact) mass is 354 g/mol. The summed E-state index contributed by atoms with van der Waals surface area (Å²) in [5.74, 6) is -0.346. The predicted octanol–water partition coefficient (Wildman–Crippen LogP) is 0.0942. The minimum Gasteiger partial charge on any atom is -0.351 e. The number of carbonyl (C=O) groups is 1. The van der Waals surface area contributed by atoms with Gasteiger partial charge in [-0.1, -0.05) is 42.0 Å². The number of aromatic nitrogens is 2. The molecule has 0 aliphatic carbocycles. The number of nitrogens with zero attached hydrogens (tertiary/aromatic N) is 2. The molecule has 2 heterocycles. The van der Waals surface area contributed by atoms with Crippen molar-refractivity contribution in [1.29, 1.82) is 0 Å². The highest BCUT2D eigenvalue weighted by Crippen LogP contribution is 2.02. The van der Waals surface area contributed by atoms with Crippen LogP contribution in [-0.4, -0.2) is 34.7 Å². The Morgan fingerprint density at radius 1 is 1.15 bits per heavy atom. The molecule has 1 aromatic carbocycles. The normalized spacial score (nSPS) is 13.9. The van der Waals surface area contributed by atoms with Crippen LogP contribution in [0.25, 0.3) is 0 Å². The molecule has 0 atom stereocenters. The van der Waals surface area contributed by atoms with E-state index in [4.69, 9.17) is 0 Å². The Morgan fingerprint density at radius 3 is 2.69 bits per heavy atom. The van der Waals surface area contributed by atoms with Gasteiger partial charge >= 0.3 is 5.69 Å².